The Hall–Kier alpha value is -2.14. The molecule has 27 heavy (non-hydrogen) atoms. The standard InChI is InChI=1S/C22H27NO3S/c1-3-4-5-16-7-9-18(10-8-16)23-21(24)14-26-22(25)20-13-17-12-15(2)6-11-19(17)27-20/h7-10,13,15H,3-6,11-12,14H2,1-2H3,(H,23,24)/t15-/m0/s1. The summed E-state index contributed by atoms with van der Waals surface area (Å²) in [7, 11) is 0. The maximum Gasteiger partial charge on any atom is 0.348 e. The highest BCUT2D eigenvalue weighted by atomic mass is 32.1. The third-order valence-corrected chi connectivity index (χ3v) is 6.14. The number of aryl methyl sites for hydroxylation is 2. The van der Waals surface area contributed by atoms with Gasteiger partial charge in [0.05, 0.1) is 0 Å². The Morgan fingerprint density at radius 2 is 2.04 bits per heavy atom. The molecule has 0 fully saturated rings. The lowest BCUT2D eigenvalue weighted by Crippen LogP contribution is -2.20. The number of thiophene rings is 1. The van der Waals surface area contributed by atoms with Crippen molar-refractivity contribution in [3.05, 3.63) is 51.2 Å². The van der Waals surface area contributed by atoms with Crippen LogP contribution in [0.3, 0.4) is 0 Å². The zero-order valence-corrected chi connectivity index (χ0v) is 16.9. The largest absolute Gasteiger partial charge is 0.451 e. The SMILES string of the molecule is CCCCc1ccc(NC(=O)COC(=O)c2cc3c(s2)CC[C@H](C)C3)cc1. The van der Waals surface area contributed by atoms with E-state index in [-0.39, 0.29) is 12.5 Å². The smallest absolute Gasteiger partial charge is 0.348 e. The molecule has 5 heteroatoms. The number of nitrogens with one attached hydrogen (secondary N) is 1. The van der Waals surface area contributed by atoms with Gasteiger partial charge in [0, 0.05) is 10.6 Å². The van der Waals surface area contributed by atoms with Crippen molar-refractivity contribution in [1.82, 2.24) is 0 Å². The highest BCUT2D eigenvalue weighted by molar-refractivity contribution is 7.14. The molecule has 1 amide bonds. The van der Waals surface area contributed by atoms with Gasteiger partial charge in [-0.25, -0.2) is 4.79 Å². The van der Waals surface area contributed by atoms with Crippen LogP contribution < -0.4 is 5.32 Å². The van der Waals surface area contributed by atoms with E-state index >= 15 is 0 Å². The van der Waals surface area contributed by atoms with Crippen molar-refractivity contribution in [3.63, 3.8) is 0 Å². The van der Waals surface area contributed by atoms with Crippen molar-refractivity contribution in [2.45, 2.75) is 52.4 Å². The molecule has 1 aliphatic carbocycles. The first-order chi connectivity index (χ1) is 13.0. The third kappa shape index (κ3) is 5.42. The highest BCUT2D eigenvalue weighted by Crippen LogP contribution is 2.32. The number of carbonyl (C=O) groups excluding carboxylic acids is 2. The maximum atomic E-state index is 12.3. The average molecular weight is 386 g/mol. The molecule has 0 aliphatic heterocycles. The summed E-state index contributed by atoms with van der Waals surface area (Å²) in [5.41, 5.74) is 3.24. The van der Waals surface area contributed by atoms with Gasteiger partial charge in [0.1, 0.15) is 4.88 Å². The molecule has 1 heterocycles. The topological polar surface area (TPSA) is 55.4 Å². The second-order valence-electron chi connectivity index (χ2n) is 7.33. The minimum absolute atomic E-state index is 0.268. The van der Waals surface area contributed by atoms with Crippen LogP contribution in [0.4, 0.5) is 5.69 Å². The van der Waals surface area contributed by atoms with E-state index in [1.54, 1.807) is 0 Å². The highest BCUT2D eigenvalue weighted by Gasteiger charge is 2.21. The number of hydrogen-bond donors (Lipinski definition) is 1. The Balaban J connectivity index is 1.48. The van der Waals surface area contributed by atoms with E-state index < -0.39 is 5.97 Å². The number of carbonyl (C=O) groups is 2. The van der Waals surface area contributed by atoms with Crippen LogP contribution in [-0.4, -0.2) is 18.5 Å². The Morgan fingerprint density at radius 1 is 1.26 bits per heavy atom. The van der Waals surface area contributed by atoms with Crippen LogP contribution >= 0.6 is 11.3 Å². The van der Waals surface area contributed by atoms with Crippen LogP contribution in [0.5, 0.6) is 0 Å². The van der Waals surface area contributed by atoms with Gasteiger partial charge in [-0.1, -0.05) is 32.4 Å². The molecule has 0 unspecified atom stereocenters. The third-order valence-electron chi connectivity index (χ3n) is 4.92. The first-order valence-electron chi connectivity index (χ1n) is 9.72. The molecular weight excluding hydrogens is 358 g/mol. The molecule has 1 aromatic carbocycles. The zero-order valence-electron chi connectivity index (χ0n) is 16.0. The number of amides is 1. The first-order valence-corrected chi connectivity index (χ1v) is 10.5. The van der Waals surface area contributed by atoms with Crippen molar-refractivity contribution < 1.29 is 14.3 Å². The van der Waals surface area contributed by atoms with E-state index in [4.69, 9.17) is 4.74 Å². The van der Waals surface area contributed by atoms with E-state index in [9.17, 15) is 9.59 Å². The van der Waals surface area contributed by atoms with Crippen molar-refractivity contribution in [2.75, 3.05) is 11.9 Å². The zero-order chi connectivity index (χ0) is 19.2. The van der Waals surface area contributed by atoms with Gasteiger partial charge in [-0.05, 0) is 67.3 Å². The van der Waals surface area contributed by atoms with Gasteiger partial charge < -0.3 is 10.1 Å². The van der Waals surface area contributed by atoms with E-state index in [0.717, 1.165) is 37.8 Å². The lowest BCUT2D eigenvalue weighted by Gasteiger charge is -2.16. The maximum absolute atomic E-state index is 12.3. The minimum Gasteiger partial charge on any atom is -0.451 e. The predicted molar refractivity (Wildman–Crippen MR) is 109 cm³/mol. The van der Waals surface area contributed by atoms with Gasteiger partial charge in [0.25, 0.3) is 5.91 Å². The summed E-state index contributed by atoms with van der Waals surface area (Å²) in [4.78, 5) is 26.2. The van der Waals surface area contributed by atoms with Crippen molar-refractivity contribution in [1.29, 1.82) is 0 Å². The number of rotatable bonds is 7. The molecule has 0 radical (unpaired) electrons. The van der Waals surface area contributed by atoms with Crippen LogP contribution in [0.25, 0.3) is 0 Å². The fraction of sp³-hybridized carbons (Fsp3) is 0.455. The summed E-state index contributed by atoms with van der Waals surface area (Å²) in [5.74, 6) is -0.0678. The molecule has 0 saturated heterocycles. The molecule has 3 rings (SSSR count). The second-order valence-corrected chi connectivity index (χ2v) is 8.47. The average Bonchev–Trinajstić information content (AvgIpc) is 3.09. The van der Waals surface area contributed by atoms with Gasteiger partial charge in [0.15, 0.2) is 6.61 Å². The fourth-order valence-corrected chi connectivity index (χ4v) is 4.44. The number of hydrogen-bond acceptors (Lipinski definition) is 4. The second kappa shape index (κ2) is 9.18. The van der Waals surface area contributed by atoms with E-state index in [1.165, 1.54) is 33.8 Å². The Labute approximate surface area is 164 Å². The predicted octanol–water partition coefficient (Wildman–Crippen LogP) is 5.01. The molecule has 0 saturated carbocycles. The summed E-state index contributed by atoms with van der Waals surface area (Å²) >= 11 is 1.50. The fourth-order valence-electron chi connectivity index (χ4n) is 3.34. The Kier molecular flexibility index (Phi) is 6.67. The molecule has 0 bridgehead atoms. The van der Waals surface area contributed by atoms with E-state index in [1.807, 2.05) is 30.3 Å². The van der Waals surface area contributed by atoms with E-state index in [0.29, 0.717) is 10.8 Å². The summed E-state index contributed by atoms with van der Waals surface area (Å²) in [6.45, 7) is 4.14. The molecule has 144 valence electrons. The first kappa shape index (κ1) is 19.6. The number of fused-ring (bicyclic) bond motifs is 1. The quantitative estimate of drug-likeness (QED) is 0.682. The number of ether oxygens (including phenoxy) is 1. The lowest BCUT2D eigenvalue weighted by molar-refractivity contribution is -0.119. The minimum atomic E-state index is -0.410. The molecule has 1 atom stereocenters. The molecule has 2 aromatic rings. The summed E-state index contributed by atoms with van der Waals surface area (Å²) < 4.78 is 5.20. The molecular formula is C22H27NO3S. The van der Waals surface area contributed by atoms with Crippen molar-refractivity contribution >= 4 is 28.9 Å². The number of unbranched alkanes of at least 4 members (excludes halogenated alkanes) is 1. The van der Waals surface area contributed by atoms with Gasteiger partial charge in [-0.2, -0.15) is 0 Å². The molecule has 1 aliphatic rings. The molecule has 0 spiro atoms. The summed E-state index contributed by atoms with van der Waals surface area (Å²) in [5, 5.41) is 2.77. The molecule has 4 nitrogen and oxygen atoms in total. The number of esters is 1. The van der Waals surface area contributed by atoms with Crippen LogP contribution in [0, 0.1) is 5.92 Å². The van der Waals surface area contributed by atoms with Crippen molar-refractivity contribution in [3.8, 4) is 0 Å². The number of anilines is 1. The summed E-state index contributed by atoms with van der Waals surface area (Å²) in [6.07, 6.45) is 6.59. The van der Waals surface area contributed by atoms with Crippen LogP contribution in [0.2, 0.25) is 0 Å². The van der Waals surface area contributed by atoms with Gasteiger partial charge >= 0.3 is 5.97 Å². The van der Waals surface area contributed by atoms with Gasteiger partial charge in [-0.3, -0.25) is 4.79 Å². The van der Waals surface area contributed by atoms with Gasteiger partial charge in [-0.15, -0.1) is 11.3 Å². The van der Waals surface area contributed by atoms with Crippen LogP contribution in [0.15, 0.2) is 30.3 Å². The lowest BCUT2D eigenvalue weighted by atomic mass is 9.90. The van der Waals surface area contributed by atoms with E-state index in [2.05, 4.69) is 19.2 Å². The van der Waals surface area contributed by atoms with Crippen molar-refractivity contribution in [2.24, 2.45) is 5.92 Å². The van der Waals surface area contributed by atoms with Crippen LogP contribution in [0.1, 0.15) is 58.8 Å². The van der Waals surface area contributed by atoms with Crippen LogP contribution in [-0.2, 0) is 28.8 Å². The Morgan fingerprint density at radius 3 is 2.78 bits per heavy atom. The monoisotopic (exact) mass is 385 g/mol. The number of benzene rings is 1. The normalized spacial score (nSPS) is 15.9. The molecule has 1 N–H and O–H groups in total. The summed E-state index contributed by atoms with van der Waals surface area (Å²) in [6, 6.07) is 9.76. The molecule has 1 aromatic heterocycles. The van der Waals surface area contributed by atoms with Gasteiger partial charge in [0.2, 0.25) is 0 Å². The Bertz CT molecular complexity index is 794.